The van der Waals surface area contributed by atoms with Gasteiger partial charge >= 0.3 is 5.97 Å². The maximum atomic E-state index is 12.7. The number of phenols is 1. The van der Waals surface area contributed by atoms with Crippen LogP contribution < -0.4 is 18.9 Å². The van der Waals surface area contributed by atoms with Gasteiger partial charge in [0.15, 0.2) is 29.1 Å². The lowest BCUT2D eigenvalue weighted by Crippen LogP contribution is -2.60. The minimum Gasteiger partial charge on any atom is -0.502 e. The Morgan fingerprint density at radius 2 is 1.56 bits per heavy atom. The summed E-state index contributed by atoms with van der Waals surface area (Å²) in [6, 6.07) is 7.03. The Hall–Kier alpha value is -3.63. The molecule has 7 N–H and O–H groups in total. The highest BCUT2D eigenvalue weighted by molar-refractivity contribution is 5.87. The zero-order valence-electron chi connectivity index (χ0n) is 22.5. The number of aliphatic hydroxyl groups is 6. The molecule has 3 rings (SSSR count). The molecule has 1 saturated heterocycles. The first-order chi connectivity index (χ1) is 19.6. The average molecular weight is 583 g/mol. The van der Waals surface area contributed by atoms with Crippen LogP contribution in [0.15, 0.2) is 36.4 Å². The summed E-state index contributed by atoms with van der Waals surface area (Å²) in [6.07, 6.45) is -8.00. The largest absolute Gasteiger partial charge is 0.502 e. The fraction of sp³-hybridized carbons (Fsp3) is 0.444. The quantitative estimate of drug-likeness (QED) is 0.121. The molecule has 1 aliphatic rings. The summed E-state index contributed by atoms with van der Waals surface area (Å²) < 4.78 is 31.9. The van der Waals surface area contributed by atoms with E-state index in [1.54, 1.807) is 0 Å². The van der Waals surface area contributed by atoms with Crippen molar-refractivity contribution >= 4 is 12.0 Å². The van der Waals surface area contributed by atoms with E-state index in [9.17, 15) is 40.5 Å². The minimum atomic E-state index is -1.66. The van der Waals surface area contributed by atoms with Gasteiger partial charge in [-0.15, -0.1) is 0 Å². The summed E-state index contributed by atoms with van der Waals surface area (Å²) in [5.74, 6) is -0.806. The molecular weight excluding hydrogens is 548 g/mol. The smallest absolute Gasteiger partial charge is 0.331 e. The number of aromatic hydroxyl groups is 1. The van der Waals surface area contributed by atoms with Crippen molar-refractivity contribution in [3.8, 4) is 28.7 Å². The van der Waals surface area contributed by atoms with Crippen molar-refractivity contribution in [3.63, 3.8) is 0 Å². The maximum Gasteiger partial charge on any atom is 0.331 e. The molecule has 0 bridgehead atoms. The van der Waals surface area contributed by atoms with Gasteiger partial charge in [-0.25, -0.2) is 4.79 Å². The summed E-state index contributed by atoms with van der Waals surface area (Å²) >= 11 is 0. The third-order valence-corrected chi connectivity index (χ3v) is 6.30. The van der Waals surface area contributed by atoms with Crippen LogP contribution in [0.3, 0.4) is 0 Å². The van der Waals surface area contributed by atoms with E-state index in [1.165, 1.54) is 57.7 Å². The molecule has 0 amide bonds. The Bertz CT molecular complexity index is 1170. The molecule has 2 aromatic rings. The summed E-state index contributed by atoms with van der Waals surface area (Å²) in [6.45, 7) is -1.39. The van der Waals surface area contributed by atoms with Crippen molar-refractivity contribution < 1.29 is 69.0 Å². The number of hydrogen-bond donors (Lipinski definition) is 7. The van der Waals surface area contributed by atoms with Gasteiger partial charge in [0.05, 0.1) is 34.5 Å². The summed E-state index contributed by atoms with van der Waals surface area (Å²) in [7, 11) is 4.00. The van der Waals surface area contributed by atoms with Gasteiger partial charge in [-0.2, -0.15) is 0 Å². The molecule has 0 aromatic heterocycles. The first kappa shape index (κ1) is 31.9. The van der Waals surface area contributed by atoms with E-state index in [0.29, 0.717) is 5.56 Å². The van der Waals surface area contributed by atoms with Gasteiger partial charge in [-0.05, 0) is 41.5 Å². The number of ether oxygens (including phenoxy) is 6. The van der Waals surface area contributed by atoms with Crippen molar-refractivity contribution in [2.45, 2.75) is 42.9 Å². The highest BCUT2D eigenvalue weighted by atomic mass is 16.7. The molecule has 14 nitrogen and oxygen atoms in total. The van der Waals surface area contributed by atoms with Gasteiger partial charge < -0.3 is 64.2 Å². The van der Waals surface area contributed by atoms with E-state index in [4.69, 9.17) is 28.4 Å². The SMILES string of the molecule is COc1cc(C(OC(=O)/C=C/c2cc(OC)c(O)c(OC)c2)C(O)CO)ccc1OC1OC(CO)C(O)C(O)C1O. The number of hydrogen-bond acceptors (Lipinski definition) is 14. The van der Waals surface area contributed by atoms with E-state index in [2.05, 4.69) is 0 Å². The first-order valence-electron chi connectivity index (χ1n) is 12.4. The molecule has 7 unspecified atom stereocenters. The lowest BCUT2D eigenvalue weighted by atomic mass is 9.99. The molecule has 0 radical (unpaired) electrons. The molecule has 1 aliphatic heterocycles. The fourth-order valence-corrected chi connectivity index (χ4v) is 4.05. The number of benzene rings is 2. The second-order valence-corrected chi connectivity index (χ2v) is 8.94. The van der Waals surface area contributed by atoms with Gasteiger partial charge in [-0.1, -0.05) is 6.07 Å². The van der Waals surface area contributed by atoms with Crippen molar-refractivity contribution in [3.05, 3.63) is 47.5 Å². The van der Waals surface area contributed by atoms with Crippen LogP contribution in [-0.2, 0) is 14.3 Å². The van der Waals surface area contributed by atoms with Gasteiger partial charge in [0.1, 0.15) is 30.5 Å². The molecular formula is C27H34O14. The highest BCUT2D eigenvalue weighted by Crippen LogP contribution is 2.38. The number of aliphatic hydroxyl groups excluding tert-OH is 6. The van der Waals surface area contributed by atoms with Crippen LogP contribution in [0.5, 0.6) is 28.7 Å². The Morgan fingerprint density at radius 1 is 0.927 bits per heavy atom. The number of methoxy groups -OCH3 is 3. The zero-order chi connectivity index (χ0) is 30.3. The number of esters is 1. The second kappa shape index (κ2) is 14.3. The van der Waals surface area contributed by atoms with E-state index in [1.807, 2.05) is 0 Å². The van der Waals surface area contributed by atoms with Gasteiger partial charge in [0.2, 0.25) is 12.0 Å². The number of rotatable bonds is 12. The normalized spacial score (nSPS) is 24.0. The van der Waals surface area contributed by atoms with Gasteiger partial charge in [0.25, 0.3) is 0 Å². The summed E-state index contributed by atoms with van der Waals surface area (Å²) in [4.78, 5) is 12.7. The monoisotopic (exact) mass is 582 g/mol. The molecule has 14 heteroatoms. The Labute approximate surface area is 235 Å². The van der Waals surface area contributed by atoms with E-state index in [-0.39, 0.29) is 34.3 Å². The second-order valence-electron chi connectivity index (χ2n) is 8.94. The average Bonchev–Trinajstić information content (AvgIpc) is 2.99. The molecule has 1 heterocycles. The molecule has 0 aliphatic carbocycles. The Kier molecular flexibility index (Phi) is 11.1. The molecule has 41 heavy (non-hydrogen) atoms. The molecule has 0 spiro atoms. The molecule has 0 saturated carbocycles. The van der Waals surface area contributed by atoms with Crippen LogP contribution in [0.2, 0.25) is 0 Å². The van der Waals surface area contributed by atoms with Crippen molar-refractivity contribution in [1.82, 2.24) is 0 Å². The van der Waals surface area contributed by atoms with Crippen LogP contribution in [-0.4, -0.2) is 113 Å². The standard InChI is InChI=1S/C27H34O14/c1-36-17-10-14(5-6-16(17)39-27-25(35)24(34)23(33)20(12-29)40-27)26(15(30)11-28)41-21(31)7-4-13-8-18(37-2)22(32)19(9-13)38-3/h4-10,15,20,23-30,32-35H,11-12H2,1-3H3/b7-4+. The number of carbonyl (C=O) groups excluding carboxylic acids is 1. The predicted octanol–water partition coefficient (Wildman–Crippen LogP) is -0.752. The Morgan fingerprint density at radius 3 is 2.12 bits per heavy atom. The van der Waals surface area contributed by atoms with Crippen LogP contribution >= 0.6 is 0 Å². The van der Waals surface area contributed by atoms with Crippen molar-refractivity contribution in [1.29, 1.82) is 0 Å². The summed E-state index contributed by atoms with van der Waals surface area (Å²) in [5, 5.41) is 69.6. The number of phenolic OH excluding ortho intramolecular Hbond substituents is 1. The zero-order valence-corrected chi connectivity index (χ0v) is 22.5. The topological polar surface area (TPSA) is 214 Å². The van der Waals surface area contributed by atoms with Crippen molar-refractivity contribution in [2.75, 3.05) is 34.5 Å². The maximum absolute atomic E-state index is 12.7. The minimum absolute atomic E-state index is 0.0132. The third kappa shape index (κ3) is 7.37. The number of carbonyl (C=O) groups is 1. The van der Waals surface area contributed by atoms with E-state index < -0.39 is 62.1 Å². The predicted molar refractivity (Wildman–Crippen MR) is 140 cm³/mol. The lowest BCUT2D eigenvalue weighted by molar-refractivity contribution is -0.277. The van der Waals surface area contributed by atoms with Crippen LogP contribution in [0.1, 0.15) is 17.2 Å². The molecule has 226 valence electrons. The lowest BCUT2D eigenvalue weighted by Gasteiger charge is -2.39. The van der Waals surface area contributed by atoms with Crippen LogP contribution in [0.4, 0.5) is 0 Å². The van der Waals surface area contributed by atoms with Gasteiger partial charge in [-0.3, -0.25) is 0 Å². The molecule has 2 aromatic carbocycles. The summed E-state index contributed by atoms with van der Waals surface area (Å²) in [5.41, 5.74) is 0.642. The van der Waals surface area contributed by atoms with Crippen LogP contribution in [0, 0.1) is 0 Å². The van der Waals surface area contributed by atoms with E-state index in [0.717, 1.165) is 6.08 Å². The van der Waals surface area contributed by atoms with Crippen molar-refractivity contribution in [2.24, 2.45) is 0 Å². The van der Waals surface area contributed by atoms with E-state index >= 15 is 0 Å². The molecule has 1 fully saturated rings. The highest BCUT2D eigenvalue weighted by Gasteiger charge is 2.45. The van der Waals surface area contributed by atoms with Crippen LogP contribution in [0.25, 0.3) is 6.08 Å². The Balaban J connectivity index is 1.81. The first-order valence-corrected chi connectivity index (χ1v) is 12.4. The van der Waals surface area contributed by atoms with Gasteiger partial charge in [0, 0.05) is 6.08 Å². The molecule has 7 atom stereocenters. The fourth-order valence-electron chi connectivity index (χ4n) is 4.05. The third-order valence-electron chi connectivity index (χ3n) is 6.30.